The monoisotopic (exact) mass is 346 g/mol. The number of aromatic hydroxyl groups is 1. The van der Waals surface area contributed by atoms with E-state index in [0.717, 1.165) is 40.8 Å². The average molecular weight is 346 g/mol. The van der Waals surface area contributed by atoms with Gasteiger partial charge in [0.2, 0.25) is 0 Å². The summed E-state index contributed by atoms with van der Waals surface area (Å²) < 4.78 is 0. The molecular formula is C18H22N2O3S. The van der Waals surface area contributed by atoms with Crippen LogP contribution in [0.15, 0.2) is 18.2 Å². The molecule has 6 heteroatoms. The molecule has 2 aromatic rings. The Hall–Kier alpha value is -1.89. The van der Waals surface area contributed by atoms with Crippen molar-refractivity contribution in [3.05, 3.63) is 39.8 Å². The first-order chi connectivity index (χ1) is 11.3. The lowest BCUT2D eigenvalue weighted by Gasteiger charge is -2.29. The molecule has 128 valence electrons. The summed E-state index contributed by atoms with van der Waals surface area (Å²) in [5, 5.41) is 19.7. The maximum Gasteiger partial charge on any atom is 0.337 e. The molecule has 0 bridgehead atoms. The normalized spacial score (nSPS) is 16.0. The van der Waals surface area contributed by atoms with Crippen molar-refractivity contribution in [1.29, 1.82) is 0 Å². The third kappa shape index (κ3) is 3.05. The first kappa shape index (κ1) is 17.0. The Balaban J connectivity index is 2.21. The largest absolute Gasteiger partial charge is 0.508 e. The van der Waals surface area contributed by atoms with Gasteiger partial charge in [-0.3, -0.25) is 11.3 Å². The summed E-state index contributed by atoms with van der Waals surface area (Å²) in [6.45, 7) is 4.76. The minimum Gasteiger partial charge on any atom is -0.508 e. The number of carboxylic acid groups (broad SMARTS) is 1. The predicted molar refractivity (Wildman–Crippen MR) is 95.2 cm³/mol. The number of carbonyl (C=O) groups is 1. The van der Waals surface area contributed by atoms with E-state index in [-0.39, 0.29) is 11.2 Å². The molecule has 0 atom stereocenters. The van der Waals surface area contributed by atoms with Crippen LogP contribution in [0.3, 0.4) is 0 Å². The highest BCUT2D eigenvalue weighted by Gasteiger charge is 2.33. The number of thiophene rings is 1. The molecule has 0 spiro atoms. The van der Waals surface area contributed by atoms with Crippen LogP contribution in [-0.4, -0.2) is 16.2 Å². The minimum atomic E-state index is -0.907. The number of fused-ring (bicyclic) bond motifs is 1. The van der Waals surface area contributed by atoms with Gasteiger partial charge in [0.25, 0.3) is 0 Å². The zero-order valence-corrected chi connectivity index (χ0v) is 14.7. The van der Waals surface area contributed by atoms with Crippen molar-refractivity contribution in [2.45, 2.75) is 39.7 Å². The molecule has 0 saturated carbocycles. The van der Waals surface area contributed by atoms with Gasteiger partial charge in [0.1, 0.15) is 5.75 Å². The fraction of sp³-hybridized carbons (Fsp3) is 0.389. The van der Waals surface area contributed by atoms with Crippen molar-refractivity contribution >= 4 is 17.3 Å². The van der Waals surface area contributed by atoms with E-state index < -0.39 is 5.97 Å². The molecule has 1 aromatic heterocycles. The molecule has 3 rings (SSSR count). The number of hydrogen-bond donors (Lipinski definition) is 4. The number of aryl methyl sites for hydroxylation is 1. The number of benzene rings is 1. The van der Waals surface area contributed by atoms with E-state index in [2.05, 4.69) is 19.3 Å². The van der Waals surface area contributed by atoms with Gasteiger partial charge in [0.05, 0.1) is 5.56 Å². The van der Waals surface area contributed by atoms with Gasteiger partial charge in [-0.1, -0.05) is 19.9 Å². The number of phenolic OH excluding ortho intramolecular Hbond substituents is 1. The van der Waals surface area contributed by atoms with Crippen molar-refractivity contribution in [1.82, 2.24) is 5.43 Å². The van der Waals surface area contributed by atoms with Gasteiger partial charge in [0, 0.05) is 21.9 Å². The number of nitrogens with two attached hydrogens (primary N) is 1. The summed E-state index contributed by atoms with van der Waals surface area (Å²) in [6.07, 6.45) is 2.72. The van der Waals surface area contributed by atoms with Crippen molar-refractivity contribution in [3.8, 4) is 16.2 Å². The van der Waals surface area contributed by atoms with Crippen LogP contribution in [0.25, 0.3) is 10.4 Å². The maximum atomic E-state index is 12.0. The Labute approximate surface area is 145 Å². The minimum absolute atomic E-state index is 0.107. The summed E-state index contributed by atoms with van der Waals surface area (Å²) in [6, 6.07) is 4.99. The Bertz CT molecular complexity index is 796. The molecule has 1 aromatic carbocycles. The number of rotatable bonds is 4. The van der Waals surface area contributed by atoms with Gasteiger partial charge < -0.3 is 10.2 Å². The van der Waals surface area contributed by atoms with E-state index in [9.17, 15) is 15.0 Å². The molecule has 5 nitrogen and oxygen atoms in total. The van der Waals surface area contributed by atoms with Crippen molar-refractivity contribution in [2.75, 3.05) is 0 Å². The van der Waals surface area contributed by atoms with Crippen LogP contribution in [-0.2, 0) is 19.4 Å². The van der Waals surface area contributed by atoms with Crippen molar-refractivity contribution in [3.63, 3.8) is 0 Å². The zero-order valence-electron chi connectivity index (χ0n) is 13.8. The third-order valence-corrected chi connectivity index (χ3v) is 5.94. The number of nitrogens with one attached hydrogen (secondary N) is 1. The first-order valence-electron chi connectivity index (χ1n) is 7.96. The van der Waals surface area contributed by atoms with Crippen molar-refractivity contribution < 1.29 is 15.0 Å². The van der Waals surface area contributed by atoms with Crippen LogP contribution in [0, 0.1) is 5.41 Å². The topological polar surface area (TPSA) is 95.6 Å². The lowest BCUT2D eigenvalue weighted by Crippen LogP contribution is -2.22. The molecule has 0 saturated heterocycles. The standard InChI is InChI=1S/C18H22N2O3S/c1-18(2)6-5-14-13(8-18)15(17(22)23)16(24-14)12-7-11(21)4-3-10(12)9-20-19/h3-4,7,20-21H,5-6,8-9,19H2,1-2H3,(H,22,23). The van der Waals surface area contributed by atoms with Crippen LogP contribution in [0.2, 0.25) is 0 Å². The summed E-state index contributed by atoms with van der Waals surface area (Å²) in [7, 11) is 0. The summed E-state index contributed by atoms with van der Waals surface area (Å²) in [4.78, 5) is 13.9. The second-order valence-corrected chi connectivity index (χ2v) is 8.18. The summed E-state index contributed by atoms with van der Waals surface area (Å²) in [5.41, 5.74) is 5.66. The van der Waals surface area contributed by atoms with Gasteiger partial charge in [-0.25, -0.2) is 4.79 Å². The van der Waals surface area contributed by atoms with E-state index in [1.54, 1.807) is 18.2 Å². The Morgan fingerprint density at radius 1 is 1.42 bits per heavy atom. The molecule has 1 aliphatic carbocycles. The smallest absolute Gasteiger partial charge is 0.337 e. The highest BCUT2D eigenvalue weighted by Crippen LogP contribution is 2.46. The van der Waals surface area contributed by atoms with E-state index in [0.29, 0.717) is 17.0 Å². The number of phenols is 1. The van der Waals surface area contributed by atoms with Gasteiger partial charge in [-0.2, -0.15) is 0 Å². The molecule has 0 amide bonds. The van der Waals surface area contributed by atoms with E-state index in [4.69, 9.17) is 5.84 Å². The molecule has 1 heterocycles. The van der Waals surface area contributed by atoms with Crippen LogP contribution in [0.1, 0.15) is 46.6 Å². The van der Waals surface area contributed by atoms with Crippen LogP contribution in [0.5, 0.6) is 5.75 Å². The summed E-state index contributed by atoms with van der Waals surface area (Å²) in [5.74, 6) is 4.66. The van der Waals surface area contributed by atoms with E-state index in [1.807, 2.05) is 0 Å². The highest BCUT2D eigenvalue weighted by molar-refractivity contribution is 7.16. The third-order valence-electron chi connectivity index (χ3n) is 4.62. The van der Waals surface area contributed by atoms with Crippen molar-refractivity contribution in [2.24, 2.45) is 11.3 Å². The molecule has 0 unspecified atom stereocenters. The molecule has 5 N–H and O–H groups in total. The molecule has 0 radical (unpaired) electrons. The predicted octanol–water partition coefficient (Wildman–Crippen LogP) is 3.30. The molecule has 1 aliphatic rings. The zero-order chi connectivity index (χ0) is 17.5. The SMILES string of the molecule is CC1(C)CCc2sc(-c3cc(O)ccc3CNN)c(C(=O)O)c2C1. The quantitative estimate of drug-likeness (QED) is 0.503. The van der Waals surface area contributed by atoms with Gasteiger partial charge in [-0.15, -0.1) is 11.3 Å². The molecular weight excluding hydrogens is 324 g/mol. The Morgan fingerprint density at radius 3 is 2.83 bits per heavy atom. The van der Waals surface area contributed by atoms with Crippen LogP contribution in [0.4, 0.5) is 0 Å². The number of carboxylic acids is 1. The number of aromatic carboxylic acids is 1. The van der Waals surface area contributed by atoms with Crippen LogP contribution >= 0.6 is 11.3 Å². The highest BCUT2D eigenvalue weighted by atomic mass is 32.1. The fourth-order valence-corrected chi connectivity index (χ4v) is 4.74. The fourth-order valence-electron chi connectivity index (χ4n) is 3.38. The molecule has 0 aliphatic heterocycles. The number of hydrogen-bond acceptors (Lipinski definition) is 5. The van der Waals surface area contributed by atoms with Gasteiger partial charge >= 0.3 is 5.97 Å². The Morgan fingerprint density at radius 2 is 2.17 bits per heavy atom. The van der Waals surface area contributed by atoms with Gasteiger partial charge in [-0.05, 0) is 47.9 Å². The second-order valence-electron chi connectivity index (χ2n) is 7.08. The van der Waals surface area contributed by atoms with Crippen LogP contribution < -0.4 is 11.3 Å². The second kappa shape index (κ2) is 6.20. The lowest BCUT2D eigenvalue weighted by molar-refractivity contribution is 0.0696. The maximum absolute atomic E-state index is 12.0. The first-order valence-corrected chi connectivity index (χ1v) is 8.77. The summed E-state index contributed by atoms with van der Waals surface area (Å²) >= 11 is 1.53. The molecule has 24 heavy (non-hydrogen) atoms. The van der Waals surface area contributed by atoms with E-state index >= 15 is 0 Å². The Kier molecular flexibility index (Phi) is 4.38. The van der Waals surface area contributed by atoms with E-state index in [1.165, 1.54) is 11.3 Å². The lowest BCUT2D eigenvalue weighted by atomic mass is 9.76. The molecule has 0 fully saturated rings. The average Bonchev–Trinajstić information content (AvgIpc) is 2.86. The van der Waals surface area contributed by atoms with Gasteiger partial charge in [0.15, 0.2) is 0 Å². The number of hydrazine groups is 1.